The van der Waals surface area contributed by atoms with Gasteiger partial charge in [0.2, 0.25) is 0 Å². The van der Waals surface area contributed by atoms with E-state index in [1.54, 1.807) is 18.3 Å². The highest BCUT2D eigenvalue weighted by atomic mass is 32.1. The number of hydrogen-bond acceptors (Lipinski definition) is 5. The third-order valence-corrected chi connectivity index (χ3v) is 2.83. The minimum absolute atomic E-state index is 0.240. The van der Waals surface area contributed by atoms with Crippen LogP contribution in [0.25, 0.3) is 0 Å². The Bertz CT molecular complexity index is 523. The lowest BCUT2D eigenvalue weighted by Gasteiger charge is -2.04. The number of carbonyl (C=O) groups is 1. The molecule has 2 heterocycles. The number of rotatable bonds is 2. The summed E-state index contributed by atoms with van der Waals surface area (Å²) < 4.78 is 0. The maximum atomic E-state index is 11.7. The van der Waals surface area contributed by atoms with Crippen molar-refractivity contribution in [1.82, 2.24) is 9.97 Å². The summed E-state index contributed by atoms with van der Waals surface area (Å²) in [6, 6.07) is 3.39. The quantitative estimate of drug-likeness (QED) is 0.828. The second-order valence-electron chi connectivity index (χ2n) is 3.14. The standard InChI is InChI=1S/C10H10N4OS/c1-6-13-5-8(16-6)10(15)14-9-7(11)3-2-4-12-9/h2-5H,11H2,1H3,(H,12,14,15). The van der Waals surface area contributed by atoms with E-state index in [1.807, 2.05) is 6.92 Å². The van der Waals surface area contributed by atoms with Gasteiger partial charge in [-0.2, -0.15) is 0 Å². The van der Waals surface area contributed by atoms with Gasteiger partial charge in [0.15, 0.2) is 5.82 Å². The molecule has 0 unspecified atom stereocenters. The molecule has 6 heteroatoms. The predicted molar refractivity (Wildman–Crippen MR) is 63.5 cm³/mol. The van der Waals surface area contributed by atoms with Gasteiger partial charge in [-0.15, -0.1) is 11.3 Å². The Balaban J connectivity index is 2.17. The maximum Gasteiger partial charge on any atom is 0.268 e. The molecule has 0 radical (unpaired) electrons. The zero-order valence-corrected chi connectivity index (χ0v) is 9.41. The number of aryl methyl sites for hydroxylation is 1. The van der Waals surface area contributed by atoms with Crippen molar-refractivity contribution >= 4 is 28.7 Å². The normalized spacial score (nSPS) is 10.1. The molecule has 0 aliphatic rings. The molecule has 0 saturated carbocycles. The summed E-state index contributed by atoms with van der Waals surface area (Å²) in [6.07, 6.45) is 3.11. The van der Waals surface area contributed by atoms with Gasteiger partial charge in [-0.1, -0.05) is 0 Å². The van der Waals surface area contributed by atoms with Gasteiger partial charge < -0.3 is 11.1 Å². The molecule has 82 valence electrons. The van der Waals surface area contributed by atoms with Crippen LogP contribution in [0.2, 0.25) is 0 Å². The van der Waals surface area contributed by atoms with E-state index in [4.69, 9.17) is 5.73 Å². The van der Waals surface area contributed by atoms with E-state index < -0.39 is 0 Å². The van der Waals surface area contributed by atoms with Gasteiger partial charge in [-0.25, -0.2) is 9.97 Å². The van der Waals surface area contributed by atoms with E-state index >= 15 is 0 Å². The Morgan fingerprint density at radius 3 is 2.94 bits per heavy atom. The van der Waals surface area contributed by atoms with Crippen LogP contribution >= 0.6 is 11.3 Å². The zero-order chi connectivity index (χ0) is 11.5. The first-order valence-corrected chi connectivity index (χ1v) is 5.43. The first kappa shape index (κ1) is 10.6. The molecule has 3 N–H and O–H groups in total. The molecule has 0 atom stereocenters. The van der Waals surface area contributed by atoms with E-state index in [-0.39, 0.29) is 5.91 Å². The van der Waals surface area contributed by atoms with Crippen LogP contribution in [0.3, 0.4) is 0 Å². The lowest BCUT2D eigenvalue weighted by Crippen LogP contribution is -2.12. The van der Waals surface area contributed by atoms with Crippen molar-refractivity contribution in [2.24, 2.45) is 0 Å². The van der Waals surface area contributed by atoms with Crippen LogP contribution in [-0.2, 0) is 0 Å². The van der Waals surface area contributed by atoms with Crippen LogP contribution in [0.5, 0.6) is 0 Å². The highest BCUT2D eigenvalue weighted by molar-refractivity contribution is 7.13. The fraction of sp³-hybridized carbons (Fsp3) is 0.100. The average molecular weight is 234 g/mol. The summed E-state index contributed by atoms with van der Waals surface area (Å²) in [5, 5.41) is 3.48. The monoisotopic (exact) mass is 234 g/mol. The SMILES string of the molecule is Cc1ncc(C(=O)Nc2ncccc2N)s1. The number of pyridine rings is 1. The van der Waals surface area contributed by atoms with Crippen LogP contribution in [0, 0.1) is 6.92 Å². The van der Waals surface area contributed by atoms with Gasteiger partial charge in [0.1, 0.15) is 4.88 Å². The molecule has 0 aliphatic carbocycles. The van der Waals surface area contributed by atoms with Crippen molar-refractivity contribution in [2.45, 2.75) is 6.92 Å². The molecule has 0 spiro atoms. The van der Waals surface area contributed by atoms with Crippen molar-refractivity contribution in [1.29, 1.82) is 0 Å². The first-order chi connectivity index (χ1) is 7.66. The molecular formula is C10H10N4OS. The van der Waals surface area contributed by atoms with Crippen LogP contribution in [0.4, 0.5) is 11.5 Å². The fourth-order valence-corrected chi connectivity index (χ4v) is 1.83. The molecule has 1 amide bonds. The number of amides is 1. The van der Waals surface area contributed by atoms with Gasteiger partial charge in [0, 0.05) is 6.20 Å². The van der Waals surface area contributed by atoms with Gasteiger partial charge in [0.05, 0.1) is 16.9 Å². The van der Waals surface area contributed by atoms with Crippen molar-refractivity contribution in [3.05, 3.63) is 34.4 Å². The van der Waals surface area contributed by atoms with Crippen molar-refractivity contribution < 1.29 is 4.79 Å². The summed E-state index contributed by atoms with van der Waals surface area (Å²) in [5.41, 5.74) is 6.10. The molecule has 2 aromatic heterocycles. The third kappa shape index (κ3) is 2.17. The summed E-state index contributed by atoms with van der Waals surface area (Å²) >= 11 is 1.33. The minimum atomic E-state index is -0.240. The number of nitrogens with two attached hydrogens (primary N) is 1. The second-order valence-corrected chi connectivity index (χ2v) is 4.37. The van der Waals surface area contributed by atoms with Crippen LogP contribution in [0.1, 0.15) is 14.7 Å². The van der Waals surface area contributed by atoms with Crippen molar-refractivity contribution in [3.63, 3.8) is 0 Å². The Morgan fingerprint density at radius 1 is 1.50 bits per heavy atom. The van der Waals surface area contributed by atoms with Gasteiger partial charge in [-0.3, -0.25) is 4.79 Å². The molecule has 2 aromatic rings. The van der Waals surface area contributed by atoms with E-state index in [0.29, 0.717) is 16.4 Å². The number of thiazole rings is 1. The van der Waals surface area contributed by atoms with Gasteiger partial charge in [-0.05, 0) is 19.1 Å². The Labute approximate surface area is 96.3 Å². The highest BCUT2D eigenvalue weighted by Crippen LogP contribution is 2.17. The van der Waals surface area contributed by atoms with Crippen LogP contribution in [0.15, 0.2) is 24.5 Å². The molecule has 16 heavy (non-hydrogen) atoms. The molecular weight excluding hydrogens is 224 g/mol. The maximum absolute atomic E-state index is 11.7. The number of anilines is 2. The number of nitrogens with zero attached hydrogens (tertiary/aromatic N) is 2. The highest BCUT2D eigenvalue weighted by Gasteiger charge is 2.11. The molecule has 5 nitrogen and oxygen atoms in total. The molecule has 0 saturated heterocycles. The van der Waals surface area contributed by atoms with Gasteiger partial charge >= 0.3 is 0 Å². The zero-order valence-electron chi connectivity index (χ0n) is 8.60. The lowest BCUT2D eigenvalue weighted by atomic mass is 10.4. The first-order valence-electron chi connectivity index (χ1n) is 4.61. The fourth-order valence-electron chi connectivity index (χ4n) is 1.16. The Hall–Kier alpha value is -1.95. The summed E-state index contributed by atoms with van der Waals surface area (Å²) in [4.78, 5) is 20.3. The topological polar surface area (TPSA) is 80.9 Å². The Morgan fingerprint density at radius 2 is 2.31 bits per heavy atom. The number of aromatic nitrogens is 2. The number of carbonyl (C=O) groups excluding carboxylic acids is 1. The van der Waals surface area contributed by atoms with E-state index in [0.717, 1.165) is 5.01 Å². The summed E-state index contributed by atoms with van der Waals surface area (Å²) in [6.45, 7) is 1.84. The molecule has 2 rings (SSSR count). The largest absolute Gasteiger partial charge is 0.396 e. The minimum Gasteiger partial charge on any atom is -0.396 e. The van der Waals surface area contributed by atoms with Crippen molar-refractivity contribution in [3.8, 4) is 0 Å². The summed E-state index contributed by atoms with van der Waals surface area (Å²) in [7, 11) is 0. The number of nitrogen functional groups attached to an aromatic ring is 1. The summed E-state index contributed by atoms with van der Waals surface area (Å²) in [5.74, 6) is 0.134. The molecule has 0 aliphatic heterocycles. The van der Waals surface area contributed by atoms with E-state index in [9.17, 15) is 4.79 Å². The number of hydrogen-bond donors (Lipinski definition) is 2. The van der Waals surface area contributed by atoms with Gasteiger partial charge in [0.25, 0.3) is 5.91 Å². The average Bonchev–Trinajstić information content (AvgIpc) is 2.68. The third-order valence-electron chi connectivity index (χ3n) is 1.92. The van der Waals surface area contributed by atoms with E-state index in [1.165, 1.54) is 17.5 Å². The second kappa shape index (κ2) is 4.28. The predicted octanol–water partition coefficient (Wildman–Crippen LogP) is 1.68. The molecule has 0 fully saturated rings. The van der Waals surface area contributed by atoms with Crippen molar-refractivity contribution in [2.75, 3.05) is 11.1 Å². The molecule has 0 bridgehead atoms. The molecule has 0 aromatic carbocycles. The smallest absolute Gasteiger partial charge is 0.268 e. The van der Waals surface area contributed by atoms with Crippen LogP contribution in [-0.4, -0.2) is 15.9 Å². The van der Waals surface area contributed by atoms with E-state index in [2.05, 4.69) is 15.3 Å². The lowest BCUT2D eigenvalue weighted by molar-refractivity contribution is 0.103. The Kier molecular flexibility index (Phi) is 2.82. The van der Waals surface area contributed by atoms with Crippen LogP contribution < -0.4 is 11.1 Å². The number of nitrogens with one attached hydrogen (secondary N) is 1.